The third-order valence-electron chi connectivity index (χ3n) is 3.11. The molecule has 0 unspecified atom stereocenters. The van der Waals surface area contributed by atoms with Crippen molar-refractivity contribution in [3.63, 3.8) is 0 Å². The molecule has 16 heavy (non-hydrogen) atoms. The first kappa shape index (κ1) is 12.2. The number of alkyl halides is 1. The lowest BCUT2D eigenvalue weighted by molar-refractivity contribution is -0.140. The van der Waals surface area contributed by atoms with E-state index in [9.17, 15) is 9.90 Å². The summed E-state index contributed by atoms with van der Waals surface area (Å²) in [6.45, 7) is 0. The number of rotatable bonds is 3. The lowest BCUT2D eigenvalue weighted by Gasteiger charge is -2.13. The summed E-state index contributed by atoms with van der Waals surface area (Å²) in [4.78, 5) is 11.4. The molecule has 1 saturated carbocycles. The highest BCUT2D eigenvalue weighted by Crippen LogP contribution is 2.55. The van der Waals surface area contributed by atoms with E-state index in [1.165, 1.54) is 0 Å². The molecule has 0 saturated heterocycles. The van der Waals surface area contributed by atoms with Gasteiger partial charge >= 0.3 is 5.97 Å². The lowest BCUT2D eigenvalue weighted by Crippen LogP contribution is -2.23. The Labute approximate surface area is 112 Å². The van der Waals surface area contributed by atoms with Crippen molar-refractivity contribution in [2.45, 2.75) is 11.8 Å². The predicted octanol–water partition coefficient (Wildman–Crippen LogP) is 3.73. The van der Waals surface area contributed by atoms with Crippen LogP contribution < -0.4 is 0 Å². The predicted molar refractivity (Wildman–Crippen MR) is 67.7 cm³/mol. The Kier molecular flexibility index (Phi) is 3.21. The van der Waals surface area contributed by atoms with Crippen LogP contribution in [0.15, 0.2) is 18.2 Å². The molecule has 1 fully saturated rings. The van der Waals surface area contributed by atoms with E-state index in [2.05, 4.69) is 15.9 Å². The highest BCUT2D eigenvalue weighted by molar-refractivity contribution is 9.09. The van der Waals surface area contributed by atoms with Crippen LogP contribution in [0, 0.1) is 5.92 Å². The Morgan fingerprint density at radius 3 is 2.62 bits per heavy atom. The van der Waals surface area contributed by atoms with Crippen LogP contribution in [0.2, 0.25) is 10.0 Å². The molecule has 0 aromatic heterocycles. The largest absolute Gasteiger partial charge is 0.481 e. The fourth-order valence-electron chi connectivity index (χ4n) is 2.03. The Bertz CT molecular complexity index is 450. The minimum Gasteiger partial charge on any atom is -0.481 e. The first-order valence-electron chi connectivity index (χ1n) is 4.77. The molecular weight excluding hydrogens is 315 g/mol. The number of carboxylic acids is 1. The number of benzene rings is 1. The molecule has 2 rings (SSSR count). The number of hydrogen-bond donors (Lipinski definition) is 1. The second kappa shape index (κ2) is 4.21. The molecule has 1 aromatic rings. The van der Waals surface area contributed by atoms with E-state index in [1.807, 2.05) is 0 Å². The van der Waals surface area contributed by atoms with Crippen molar-refractivity contribution in [3.8, 4) is 0 Å². The SMILES string of the molecule is O=C(O)[C@@]1(c2ccc(Cl)c(Cl)c2)C[C@H]1CBr. The number of halogens is 3. The maximum atomic E-state index is 11.4. The number of carboxylic acid groups (broad SMARTS) is 1. The van der Waals surface area contributed by atoms with Crippen LogP contribution in [-0.4, -0.2) is 16.4 Å². The van der Waals surface area contributed by atoms with Gasteiger partial charge < -0.3 is 5.11 Å². The van der Waals surface area contributed by atoms with E-state index >= 15 is 0 Å². The van der Waals surface area contributed by atoms with Crippen molar-refractivity contribution >= 4 is 45.1 Å². The minimum absolute atomic E-state index is 0.127. The molecule has 1 aliphatic carbocycles. The van der Waals surface area contributed by atoms with Crippen molar-refractivity contribution in [1.82, 2.24) is 0 Å². The third kappa shape index (κ3) is 1.75. The molecule has 1 N–H and O–H groups in total. The van der Waals surface area contributed by atoms with Gasteiger partial charge in [0.05, 0.1) is 15.5 Å². The zero-order chi connectivity index (χ0) is 11.9. The van der Waals surface area contributed by atoms with Crippen molar-refractivity contribution in [2.24, 2.45) is 5.92 Å². The highest BCUT2D eigenvalue weighted by Gasteiger charge is 2.60. The summed E-state index contributed by atoms with van der Waals surface area (Å²) in [5.41, 5.74) is -0.0450. The maximum absolute atomic E-state index is 11.4. The summed E-state index contributed by atoms with van der Waals surface area (Å²) in [5.74, 6) is -0.669. The lowest BCUT2D eigenvalue weighted by atomic mass is 9.94. The van der Waals surface area contributed by atoms with Crippen molar-refractivity contribution in [2.75, 3.05) is 5.33 Å². The Morgan fingerprint density at radius 1 is 1.50 bits per heavy atom. The average molecular weight is 324 g/mol. The van der Waals surface area contributed by atoms with E-state index in [1.54, 1.807) is 18.2 Å². The van der Waals surface area contributed by atoms with Gasteiger partial charge in [-0.25, -0.2) is 0 Å². The zero-order valence-corrected chi connectivity index (χ0v) is 11.3. The molecule has 1 aromatic carbocycles. The van der Waals surface area contributed by atoms with Gasteiger partial charge in [0.2, 0.25) is 0 Å². The first-order valence-corrected chi connectivity index (χ1v) is 6.65. The second-order valence-electron chi connectivity index (χ2n) is 3.96. The quantitative estimate of drug-likeness (QED) is 0.860. The van der Waals surface area contributed by atoms with Crippen molar-refractivity contribution < 1.29 is 9.90 Å². The average Bonchev–Trinajstić information content (AvgIpc) is 2.98. The van der Waals surface area contributed by atoms with Gasteiger partial charge in [0, 0.05) is 5.33 Å². The molecule has 5 heteroatoms. The molecule has 0 radical (unpaired) electrons. The van der Waals surface area contributed by atoms with Gasteiger partial charge in [0.1, 0.15) is 0 Å². The first-order chi connectivity index (χ1) is 7.52. The molecule has 0 heterocycles. The smallest absolute Gasteiger partial charge is 0.314 e. The normalized spacial score (nSPS) is 27.8. The Morgan fingerprint density at radius 2 is 2.19 bits per heavy atom. The van der Waals surface area contributed by atoms with Crippen LogP contribution in [0.3, 0.4) is 0 Å². The third-order valence-corrected chi connectivity index (χ3v) is 4.63. The highest BCUT2D eigenvalue weighted by atomic mass is 79.9. The molecule has 0 amide bonds. The second-order valence-corrected chi connectivity index (χ2v) is 5.42. The minimum atomic E-state index is -0.796. The summed E-state index contributed by atoms with van der Waals surface area (Å²) in [6.07, 6.45) is 0.644. The van der Waals surface area contributed by atoms with Gasteiger partial charge in [-0.1, -0.05) is 45.2 Å². The van der Waals surface area contributed by atoms with Gasteiger partial charge in [-0.05, 0) is 30.0 Å². The van der Waals surface area contributed by atoms with Crippen LogP contribution in [0.5, 0.6) is 0 Å². The standard InChI is InChI=1S/C11H9BrCl2O2/c12-5-7-4-11(7,10(15)16)6-1-2-8(13)9(14)3-6/h1-3,7H,4-5H2,(H,15,16)/t7-,11+/m0/s1. The fraction of sp³-hybridized carbons (Fsp3) is 0.364. The maximum Gasteiger partial charge on any atom is 0.314 e. The summed E-state index contributed by atoms with van der Waals surface area (Å²) >= 11 is 15.0. The summed E-state index contributed by atoms with van der Waals surface area (Å²) < 4.78 is 0. The Hall–Kier alpha value is -0.250. The van der Waals surface area contributed by atoms with Crippen LogP contribution in [0.1, 0.15) is 12.0 Å². The van der Waals surface area contributed by atoms with Gasteiger partial charge in [-0.2, -0.15) is 0 Å². The molecule has 0 bridgehead atoms. The van der Waals surface area contributed by atoms with Crippen LogP contribution in [0.4, 0.5) is 0 Å². The van der Waals surface area contributed by atoms with Gasteiger partial charge in [0.15, 0.2) is 0 Å². The molecule has 0 aliphatic heterocycles. The summed E-state index contributed by atoms with van der Waals surface area (Å²) in [5, 5.41) is 10.9. The molecule has 2 nitrogen and oxygen atoms in total. The van der Waals surface area contributed by atoms with E-state index in [4.69, 9.17) is 23.2 Å². The Balaban J connectivity index is 2.43. The van der Waals surface area contributed by atoms with E-state index in [0.29, 0.717) is 21.8 Å². The van der Waals surface area contributed by atoms with Crippen molar-refractivity contribution in [1.29, 1.82) is 0 Å². The zero-order valence-electron chi connectivity index (χ0n) is 8.21. The number of hydrogen-bond acceptors (Lipinski definition) is 1. The van der Waals surface area contributed by atoms with E-state index in [-0.39, 0.29) is 5.92 Å². The van der Waals surface area contributed by atoms with Gasteiger partial charge in [0.25, 0.3) is 0 Å². The van der Waals surface area contributed by atoms with E-state index in [0.717, 1.165) is 5.56 Å². The van der Waals surface area contributed by atoms with E-state index < -0.39 is 11.4 Å². The van der Waals surface area contributed by atoms with Crippen LogP contribution in [0.25, 0.3) is 0 Å². The molecule has 1 aliphatic rings. The summed E-state index contributed by atoms with van der Waals surface area (Å²) in [7, 11) is 0. The molecule has 86 valence electrons. The number of aliphatic carboxylic acids is 1. The summed E-state index contributed by atoms with van der Waals surface area (Å²) in [6, 6.07) is 5.04. The molecular formula is C11H9BrCl2O2. The van der Waals surface area contributed by atoms with Crippen LogP contribution >= 0.6 is 39.1 Å². The van der Waals surface area contributed by atoms with Crippen molar-refractivity contribution in [3.05, 3.63) is 33.8 Å². The van der Waals surface area contributed by atoms with Gasteiger partial charge in [-0.3, -0.25) is 4.79 Å². The monoisotopic (exact) mass is 322 g/mol. The molecule has 0 spiro atoms. The topological polar surface area (TPSA) is 37.3 Å². The number of carbonyl (C=O) groups is 1. The van der Waals surface area contributed by atoms with Crippen LogP contribution in [-0.2, 0) is 10.2 Å². The van der Waals surface area contributed by atoms with Gasteiger partial charge in [-0.15, -0.1) is 0 Å². The fourth-order valence-corrected chi connectivity index (χ4v) is 3.11. The molecule has 2 atom stereocenters.